The van der Waals surface area contributed by atoms with Gasteiger partial charge in [0.15, 0.2) is 0 Å². The molecule has 3 heterocycles. The highest BCUT2D eigenvalue weighted by Crippen LogP contribution is 2.40. The largest absolute Gasteiger partial charge is 0.333 e. The smallest absolute Gasteiger partial charge is 0.223 e. The Morgan fingerprint density at radius 3 is 2.96 bits per heavy atom. The van der Waals surface area contributed by atoms with Gasteiger partial charge in [-0.25, -0.2) is 4.98 Å². The van der Waals surface area contributed by atoms with Crippen LogP contribution in [0.1, 0.15) is 56.8 Å². The second-order valence-corrected chi connectivity index (χ2v) is 10.1. The Morgan fingerprint density at radius 1 is 1.27 bits per heavy atom. The Morgan fingerprint density at radius 2 is 2.15 bits per heavy atom. The van der Waals surface area contributed by atoms with Crippen molar-refractivity contribution in [2.75, 3.05) is 12.3 Å². The fourth-order valence-corrected chi connectivity index (χ4v) is 7.18. The summed E-state index contributed by atoms with van der Waals surface area (Å²) in [6.07, 6.45) is 7.59. The number of fused-ring (bicyclic) bond motifs is 1. The molecule has 0 spiro atoms. The molecule has 0 bridgehead atoms. The van der Waals surface area contributed by atoms with Crippen molar-refractivity contribution < 1.29 is 4.79 Å². The molecule has 2 aliphatic rings. The quantitative estimate of drug-likeness (QED) is 0.517. The van der Waals surface area contributed by atoms with E-state index >= 15 is 0 Å². The van der Waals surface area contributed by atoms with E-state index in [0.29, 0.717) is 12.3 Å². The van der Waals surface area contributed by atoms with Crippen molar-refractivity contribution in [1.29, 1.82) is 0 Å². The Bertz CT molecular complexity index is 770. The van der Waals surface area contributed by atoms with E-state index in [4.69, 9.17) is 4.98 Å². The summed E-state index contributed by atoms with van der Waals surface area (Å²) in [5.41, 5.74) is 2.17. The lowest BCUT2D eigenvalue weighted by molar-refractivity contribution is -0.132. The minimum absolute atomic E-state index is 0.140. The maximum absolute atomic E-state index is 12.8. The molecule has 0 aliphatic carbocycles. The normalized spacial score (nSPS) is 23.2. The molecular formula is C20H27N3OS2. The van der Waals surface area contributed by atoms with Gasteiger partial charge in [-0.05, 0) is 44.2 Å². The Labute approximate surface area is 163 Å². The lowest BCUT2D eigenvalue weighted by atomic mass is 10.1. The molecule has 6 heteroatoms. The standard InChI is InChI=1S/C20H27N3OS2/c1-22-17-9-4-3-8-16(17)21-20(22)18-10-6-13-23(18)19(24)11-5-2-7-15-12-14-25-26-15/h3-4,8-9,15,18H,2,5-7,10-14H2,1H3/t15-,18+/m1/s1. The van der Waals surface area contributed by atoms with Gasteiger partial charge in [0.1, 0.15) is 5.82 Å². The van der Waals surface area contributed by atoms with E-state index in [2.05, 4.69) is 28.6 Å². The van der Waals surface area contributed by atoms with Crippen molar-refractivity contribution in [3.05, 3.63) is 30.1 Å². The van der Waals surface area contributed by atoms with E-state index in [1.807, 2.05) is 33.7 Å². The fourth-order valence-electron chi connectivity index (χ4n) is 4.15. The number of hydrogen-bond donors (Lipinski definition) is 0. The third kappa shape index (κ3) is 3.77. The second kappa shape index (κ2) is 8.26. The van der Waals surface area contributed by atoms with E-state index < -0.39 is 0 Å². The molecule has 1 aromatic heterocycles. The number of rotatable bonds is 6. The number of benzene rings is 1. The molecule has 2 aliphatic heterocycles. The van der Waals surface area contributed by atoms with Gasteiger partial charge in [0.25, 0.3) is 0 Å². The molecule has 0 saturated carbocycles. The Hall–Kier alpha value is -1.14. The van der Waals surface area contributed by atoms with Crippen LogP contribution in [0.5, 0.6) is 0 Å². The predicted octanol–water partition coefficient (Wildman–Crippen LogP) is 4.95. The van der Waals surface area contributed by atoms with Crippen LogP contribution in [0.2, 0.25) is 0 Å². The number of amides is 1. The summed E-state index contributed by atoms with van der Waals surface area (Å²) in [6.45, 7) is 0.877. The number of unbranched alkanes of at least 4 members (excludes halogenated alkanes) is 1. The van der Waals surface area contributed by atoms with Crippen LogP contribution in [0.3, 0.4) is 0 Å². The topological polar surface area (TPSA) is 38.1 Å². The van der Waals surface area contributed by atoms with Crippen molar-refractivity contribution in [1.82, 2.24) is 14.5 Å². The van der Waals surface area contributed by atoms with E-state index in [1.165, 1.54) is 25.0 Å². The van der Waals surface area contributed by atoms with Crippen molar-refractivity contribution in [2.24, 2.45) is 7.05 Å². The monoisotopic (exact) mass is 389 g/mol. The third-order valence-electron chi connectivity index (χ3n) is 5.59. The SMILES string of the molecule is Cn1c([C@@H]2CCCN2C(=O)CCCC[C@@H]2CCSS2)nc2ccccc21. The van der Waals surface area contributed by atoms with Crippen LogP contribution in [0.15, 0.2) is 24.3 Å². The van der Waals surface area contributed by atoms with Gasteiger partial charge >= 0.3 is 0 Å². The number of nitrogens with zero attached hydrogens (tertiary/aromatic N) is 3. The van der Waals surface area contributed by atoms with Crippen LogP contribution in [-0.2, 0) is 11.8 Å². The summed E-state index contributed by atoms with van der Waals surface area (Å²) in [5.74, 6) is 2.64. The van der Waals surface area contributed by atoms with Gasteiger partial charge in [-0.15, -0.1) is 0 Å². The highest BCUT2D eigenvalue weighted by Gasteiger charge is 2.32. The fraction of sp³-hybridized carbons (Fsp3) is 0.600. The summed E-state index contributed by atoms with van der Waals surface area (Å²) >= 11 is 0. The summed E-state index contributed by atoms with van der Waals surface area (Å²) in [7, 11) is 6.11. The van der Waals surface area contributed by atoms with E-state index in [0.717, 1.165) is 47.9 Å². The van der Waals surface area contributed by atoms with Crippen molar-refractivity contribution in [3.63, 3.8) is 0 Å². The zero-order chi connectivity index (χ0) is 17.9. The number of aryl methyl sites for hydroxylation is 1. The number of aromatic nitrogens is 2. The van der Waals surface area contributed by atoms with Crippen LogP contribution < -0.4 is 0 Å². The summed E-state index contributed by atoms with van der Waals surface area (Å²) in [5, 5.41) is 0.814. The zero-order valence-electron chi connectivity index (χ0n) is 15.4. The maximum Gasteiger partial charge on any atom is 0.223 e. The summed E-state index contributed by atoms with van der Waals surface area (Å²) in [4.78, 5) is 19.8. The van der Waals surface area contributed by atoms with Crippen molar-refractivity contribution in [3.8, 4) is 0 Å². The molecule has 2 fully saturated rings. The van der Waals surface area contributed by atoms with Gasteiger partial charge in [-0.2, -0.15) is 0 Å². The van der Waals surface area contributed by atoms with Gasteiger partial charge in [-0.1, -0.05) is 40.1 Å². The number of para-hydroxylation sites is 2. The summed E-state index contributed by atoms with van der Waals surface area (Å²) in [6, 6.07) is 8.37. The summed E-state index contributed by atoms with van der Waals surface area (Å²) < 4.78 is 2.17. The molecule has 26 heavy (non-hydrogen) atoms. The molecule has 140 valence electrons. The van der Waals surface area contributed by atoms with E-state index in [9.17, 15) is 4.79 Å². The Kier molecular flexibility index (Phi) is 5.79. The highest BCUT2D eigenvalue weighted by molar-refractivity contribution is 8.77. The van der Waals surface area contributed by atoms with Crippen LogP contribution in [0.25, 0.3) is 11.0 Å². The van der Waals surface area contributed by atoms with Crippen LogP contribution in [0.4, 0.5) is 0 Å². The van der Waals surface area contributed by atoms with Gasteiger partial charge in [0.2, 0.25) is 5.91 Å². The second-order valence-electron chi connectivity index (χ2n) is 7.34. The number of imidazole rings is 1. The first-order chi connectivity index (χ1) is 12.7. The molecule has 4 rings (SSSR count). The first kappa shape index (κ1) is 18.2. The number of carbonyl (C=O) groups excluding carboxylic acids is 1. The third-order valence-corrected chi connectivity index (χ3v) is 8.59. The minimum Gasteiger partial charge on any atom is -0.333 e. The predicted molar refractivity (Wildman–Crippen MR) is 111 cm³/mol. The molecular weight excluding hydrogens is 362 g/mol. The molecule has 2 atom stereocenters. The Balaban J connectivity index is 1.37. The van der Waals surface area contributed by atoms with Gasteiger partial charge in [-0.3, -0.25) is 4.79 Å². The van der Waals surface area contributed by atoms with Gasteiger partial charge in [0, 0.05) is 31.0 Å². The zero-order valence-corrected chi connectivity index (χ0v) is 17.0. The number of carbonyl (C=O) groups is 1. The first-order valence-corrected chi connectivity index (χ1v) is 12.1. The van der Waals surface area contributed by atoms with Crippen molar-refractivity contribution >= 4 is 38.5 Å². The van der Waals surface area contributed by atoms with Crippen molar-refractivity contribution in [2.45, 2.75) is 56.2 Å². The van der Waals surface area contributed by atoms with Crippen LogP contribution in [-0.4, -0.2) is 37.9 Å². The van der Waals surface area contributed by atoms with Gasteiger partial charge in [0.05, 0.1) is 17.1 Å². The number of likely N-dealkylation sites (tertiary alicyclic amines) is 1. The average molecular weight is 390 g/mol. The molecule has 0 unspecified atom stereocenters. The first-order valence-electron chi connectivity index (χ1n) is 9.73. The van der Waals surface area contributed by atoms with Gasteiger partial charge < -0.3 is 9.47 Å². The highest BCUT2D eigenvalue weighted by atomic mass is 33.1. The molecule has 0 radical (unpaired) electrons. The molecule has 1 amide bonds. The average Bonchev–Trinajstić information content (AvgIpc) is 3.39. The van der Waals surface area contributed by atoms with Crippen LogP contribution >= 0.6 is 21.6 Å². The molecule has 4 nitrogen and oxygen atoms in total. The molecule has 0 N–H and O–H groups in total. The molecule has 2 saturated heterocycles. The number of hydrogen-bond acceptors (Lipinski definition) is 4. The van der Waals surface area contributed by atoms with E-state index in [-0.39, 0.29) is 6.04 Å². The lowest BCUT2D eigenvalue weighted by Crippen LogP contribution is -2.31. The lowest BCUT2D eigenvalue weighted by Gasteiger charge is -2.24. The van der Waals surface area contributed by atoms with E-state index in [1.54, 1.807) is 0 Å². The molecule has 1 aromatic carbocycles. The van der Waals surface area contributed by atoms with Crippen LogP contribution in [0, 0.1) is 0 Å². The maximum atomic E-state index is 12.8. The minimum atomic E-state index is 0.140. The molecule has 2 aromatic rings.